The van der Waals surface area contributed by atoms with Crippen molar-refractivity contribution in [3.05, 3.63) is 0 Å². The molecule has 100 valence electrons. The molecule has 1 saturated carbocycles. The summed E-state index contributed by atoms with van der Waals surface area (Å²) in [6, 6.07) is 0. The van der Waals surface area contributed by atoms with Crippen molar-refractivity contribution < 1.29 is 0 Å². The molecule has 2 rings (SSSR count). The maximum atomic E-state index is 3.68. The highest BCUT2D eigenvalue weighted by Crippen LogP contribution is 2.36. The fourth-order valence-electron chi connectivity index (χ4n) is 2.82. The van der Waals surface area contributed by atoms with Crippen LogP contribution >= 0.6 is 0 Å². The van der Waals surface area contributed by atoms with Crippen molar-refractivity contribution in [3.63, 3.8) is 0 Å². The zero-order valence-corrected chi connectivity index (χ0v) is 11.8. The summed E-state index contributed by atoms with van der Waals surface area (Å²) in [5, 5.41) is 7.10. The highest BCUT2D eigenvalue weighted by atomic mass is 15.2. The molecule has 3 nitrogen and oxygen atoms in total. The van der Waals surface area contributed by atoms with Crippen LogP contribution in [0.5, 0.6) is 0 Å². The van der Waals surface area contributed by atoms with E-state index in [0.717, 1.165) is 31.5 Å². The van der Waals surface area contributed by atoms with Gasteiger partial charge in [-0.05, 0) is 45.1 Å². The lowest BCUT2D eigenvalue weighted by molar-refractivity contribution is 0.101. The minimum atomic E-state index is 0.297. The van der Waals surface area contributed by atoms with Gasteiger partial charge in [-0.1, -0.05) is 6.92 Å². The average molecular weight is 239 g/mol. The predicted molar refractivity (Wildman–Crippen MR) is 73.3 cm³/mol. The number of piperazine rings is 1. The first kappa shape index (κ1) is 13.3. The molecule has 1 aliphatic heterocycles. The lowest BCUT2D eigenvalue weighted by atomic mass is 10.0. The van der Waals surface area contributed by atoms with Crippen LogP contribution in [0.25, 0.3) is 0 Å². The number of nitrogens with zero attached hydrogens (tertiary/aromatic N) is 1. The molecule has 3 heteroatoms. The molecular weight excluding hydrogens is 210 g/mol. The Morgan fingerprint density at radius 3 is 2.53 bits per heavy atom. The largest absolute Gasteiger partial charge is 0.315 e. The molecule has 1 heterocycles. The van der Waals surface area contributed by atoms with Crippen molar-refractivity contribution in [1.29, 1.82) is 0 Å². The van der Waals surface area contributed by atoms with E-state index < -0.39 is 0 Å². The molecule has 2 N–H and O–H groups in total. The molecule has 1 unspecified atom stereocenters. The van der Waals surface area contributed by atoms with Crippen LogP contribution in [0.2, 0.25) is 0 Å². The second kappa shape index (κ2) is 5.68. The van der Waals surface area contributed by atoms with Crippen LogP contribution in [0, 0.1) is 11.8 Å². The standard InChI is InChI=1S/C14H29N3/c1-12(13-4-5-13)10-16-11-14(2,3)17-8-6-15-7-9-17/h12-13,15-16H,4-11H2,1-3H3. The van der Waals surface area contributed by atoms with E-state index >= 15 is 0 Å². The minimum Gasteiger partial charge on any atom is -0.315 e. The normalized spacial score (nSPS) is 24.9. The van der Waals surface area contributed by atoms with E-state index in [9.17, 15) is 0 Å². The summed E-state index contributed by atoms with van der Waals surface area (Å²) in [6.45, 7) is 14.1. The van der Waals surface area contributed by atoms with Crippen molar-refractivity contribution in [2.45, 2.75) is 39.2 Å². The first-order valence-electron chi connectivity index (χ1n) is 7.26. The van der Waals surface area contributed by atoms with Gasteiger partial charge in [0.1, 0.15) is 0 Å². The molecule has 0 aromatic heterocycles. The summed E-state index contributed by atoms with van der Waals surface area (Å²) in [4.78, 5) is 2.61. The van der Waals surface area contributed by atoms with E-state index in [1.165, 1.54) is 32.5 Å². The Labute approximate surface area is 106 Å². The molecular formula is C14H29N3. The molecule has 1 atom stereocenters. The third kappa shape index (κ3) is 3.94. The Kier molecular flexibility index (Phi) is 4.45. The van der Waals surface area contributed by atoms with Crippen molar-refractivity contribution in [2.75, 3.05) is 39.3 Å². The third-order valence-electron chi connectivity index (χ3n) is 4.42. The van der Waals surface area contributed by atoms with Gasteiger partial charge in [0, 0.05) is 38.3 Å². The third-order valence-corrected chi connectivity index (χ3v) is 4.42. The molecule has 2 fully saturated rings. The second-order valence-electron chi connectivity index (χ2n) is 6.50. The molecule has 0 aromatic rings. The van der Waals surface area contributed by atoms with Crippen LogP contribution < -0.4 is 10.6 Å². The van der Waals surface area contributed by atoms with Crippen LogP contribution in [-0.2, 0) is 0 Å². The number of nitrogens with one attached hydrogen (secondary N) is 2. The van der Waals surface area contributed by atoms with Crippen molar-refractivity contribution in [2.24, 2.45) is 11.8 Å². The molecule has 1 saturated heterocycles. The van der Waals surface area contributed by atoms with Gasteiger partial charge in [-0.15, -0.1) is 0 Å². The number of rotatable bonds is 6. The van der Waals surface area contributed by atoms with Crippen LogP contribution in [0.4, 0.5) is 0 Å². The summed E-state index contributed by atoms with van der Waals surface area (Å²) in [5.74, 6) is 1.89. The molecule has 0 spiro atoms. The second-order valence-corrected chi connectivity index (χ2v) is 6.50. The van der Waals surface area contributed by atoms with Gasteiger partial charge in [-0.3, -0.25) is 4.90 Å². The quantitative estimate of drug-likeness (QED) is 0.732. The lowest BCUT2D eigenvalue weighted by Crippen LogP contribution is -2.57. The molecule has 1 aliphatic carbocycles. The van der Waals surface area contributed by atoms with Crippen LogP contribution in [0.1, 0.15) is 33.6 Å². The van der Waals surface area contributed by atoms with Gasteiger partial charge >= 0.3 is 0 Å². The zero-order valence-electron chi connectivity index (χ0n) is 11.8. The van der Waals surface area contributed by atoms with E-state index in [1.807, 2.05) is 0 Å². The van der Waals surface area contributed by atoms with E-state index in [4.69, 9.17) is 0 Å². The van der Waals surface area contributed by atoms with E-state index in [0.29, 0.717) is 5.54 Å². The Morgan fingerprint density at radius 2 is 1.94 bits per heavy atom. The van der Waals surface area contributed by atoms with Gasteiger partial charge in [-0.25, -0.2) is 0 Å². The Bertz CT molecular complexity index is 230. The highest BCUT2D eigenvalue weighted by molar-refractivity contribution is 4.87. The number of hydrogen-bond donors (Lipinski definition) is 2. The Balaban J connectivity index is 1.68. The van der Waals surface area contributed by atoms with E-state index in [2.05, 4.69) is 36.3 Å². The molecule has 0 aromatic carbocycles. The number of hydrogen-bond acceptors (Lipinski definition) is 3. The highest BCUT2D eigenvalue weighted by Gasteiger charge is 2.30. The van der Waals surface area contributed by atoms with Gasteiger partial charge in [0.25, 0.3) is 0 Å². The first-order valence-corrected chi connectivity index (χ1v) is 7.26. The van der Waals surface area contributed by atoms with Gasteiger partial charge in [0.05, 0.1) is 0 Å². The van der Waals surface area contributed by atoms with Crippen LogP contribution in [0.15, 0.2) is 0 Å². The topological polar surface area (TPSA) is 27.3 Å². The summed E-state index contributed by atoms with van der Waals surface area (Å²) < 4.78 is 0. The molecule has 0 bridgehead atoms. The SMILES string of the molecule is CC(CNCC(C)(C)N1CCNCC1)C1CC1. The average Bonchev–Trinajstić information content (AvgIpc) is 3.14. The smallest absolute Gasteiger partial charge is 0.0278 e. The maximum absolute atomic E-state index is 3.68. The summed E-state index contributed by atoms with van der Waals surface area (Å²) in [5.41, 5.74) is 0.297. The fourth-order valence-corrected chi connectivity index (χ4v) is 2.82. The molecule has 17 heavy (non-hydrogen) atoms. The van der Waals surface area contributed by atoms with E-state index in [1.54, 1.807) is 0 Å². The van der Waals surface area contributed by atoms with Gasteiger partial charge in [0.2, 0.25) is 0 Å². The minimum absolute atomic E-state index is 0.297. The predicted octanol–water partition coefficient (Wildman–Crippen LogP) is 1.31. The molecule has 2 aliphatic rings. The Morgan fingerprint density at radius 1 is 1.29 bits per heavy atom. The Hall–Kier alpha value is -0.120. The zero-order chi connectivity index (χ0) is 12.3. The van der Waals surface area contributed by atoms with Crippen molar-refractivity contribution in [3.8, 4) is 0 Å². The van der Waals surface area contributed by atoms with Crippen LogP contribution in [0.3, 0.4) is 0 Å². The van der Waals surface area contributed by atoms with Crippen molar-refractivity contribution in [1.82, 2.24) is 15.5 Å². The lowest BCUT2D eigenvalue weighted by Gasteiger charge is -2.41. The fraction of sp³-hybridized carbons (Fsp3) is 1.00. The maximum Gasteiger partial charge on any atom is 0.0278 e. The van der Waals surface area contributed by atoms with Gasteiger partial charge in [-0.2, -0.15) is 0 Å². The van der Waals surface area contributed by atoms with Crippen LogP contribution in [-0.4, -0.2) is 49.7 Å². The summed E-state index contributed by atoms with van der Waals surface area (Å²) >= 11 is 0. The molecule has 0 amide bonds. The molecule has 0 radical (unpaired) electrons. The van der Waals surface area contributed by atoms with E-state index in [-0.39, 0.29) is 0 Å². The van der Waals surface area contributed by atoms with Gasteiger partial charge < -0.3 is 10.6 Å². The van der Waals surface area contributed by atoms with Gasteiger partial charge in [0.15, 0.2) is 0 Å². The first-order chi connectivity index (χ1) is 8.09. The summed E-state index contributed by atoms with van der Waals surface area (Å²) in [6.07, 6.45) is 2.92. The summed E-state index contributed by atoms with van der Waals surface area (Å²) in [7, 11) is 0. The van der Waals surface area contributed by atoms with Crippen molar-refractivity contribution >= 4 is 0 Å². The monoisotopic (exact) mass is 239 g/mol.